The number of hydrogen-bond donors (Lipinski definition) is 1. The maximum absolute atomic E-state index is 13.7. The molecule has 37 heavy (non-hydrogen) atoms. The van der Waals surface area contributed by atoms with E-state index in [1.165, 1.54) is 0 Å². The van der Waals surface area contributed by atoms with Gasteiger partial charge in [-0.15, -0.1) is 0 Å². The van der Waals surface area contributed by atoms with Gasteiger partial charge in [0, 0.05) is 23.5 Å². The van der Waals surface area contributed by atoms with Crippen LogP contribution in [0.3, 0.4) is 0 Å². The van der Waals surface area contributed by atoms with Crippen molar-refractivity contribution in [2.45, 2.75) is 64.6 Å². The van der Waals surface area contributed by atoms with Gasteiger partial charge in [0.25, 0.3) is 5.91 Å². The second-order valence-corrected chi connectivity index (χ2v) is 10.8. The first-order chi connectivity index (χ1) is 17.9. The molecule has 3 aromatic rings. The molecule has 0 heterocycles. The quantitative estimate of drug-likeness (QED) is 0.322. The predicted octanol–water partition coefficient (Wildman–Crippen LogP) is 6.14. The Labute approximate surface area is 228 Å². The molecule has 0 aliphatic heterocycles. The van der Waals surface area contributed by atoms with Gasteiger partial charge in [0.2, 0.25) is 5.91 Å². The third-order valence-electron chi connectivity index (χ3n) is 6.90. The zero-order valence-corrected chi connectivity index (χ0v) is 23.2. The average Bonchev–Trinajstić information content (AvgIpc) is 3.40. The van der Waals surface area contributed by atoms with Gasteiger partial charge in [-0.2, -0.15) is 0 Å². The van der Waals surface area contributed by atoms with Crippen molar-refractivity contribution >= 4 is 27.7 Å². The number of carbonyl (C=O) groups is 2. The highest BCUT2D eigenvalue weighted by Gasteiger charge is 2.32. The number of aryl methyl sites for hydroxylation is 2. The van der Waals surface area contributed by atoms with Crippen molar-refractivity contribution in [2.75, 3.05) is 6.61 Å². The molecule has 0 bridgehead atoms. The van der Waals surface area contributed by atoms with Crippen molar-refractivity contribution in [3.8, 4) is 5.75 Å². The Morgan fingerprint density at radius 1 is 0.973 bits per heavy atom. The molecule has 5 nitrogen and oxygen atoms in total. The number of halogens is 1. The average molecular weight is 564 g/mol. The maximum Gasteiger partial charge on any atom is 0.261 e. The van der Waals surface area contributed by atoms with Crippen molar-refractivity contribution < 1.29 is 14.3 Å². The summed E-state index contributed by atoms with van der Waals surface area (Å²) in [6.07, 6.45) is 4.67. The second kappa shape index (κ2) is 12.9. The summed E-state index contributed by atoms with van der Waals surface area (Å²) in [5.74, 6) is 0.306. The van der Waals surface area contributed by atoms with E-state index in [-0.39, 0.29) is 24.5 Å². The van der Waals surface area contributed by atoms with Crippen LogP contribution in [0.25, 0.3) is 0 Å². The summed E-state index contributed by atoms with van der Waals surface area (Å²) in [7, 11) is 0. The minimum Gasteiger partial charge on any atom is -0.484 e. The van der Waals surface area contributed by atoms with Crippen molar-refractivity contribution in [1.29, 1.82) is 0 Å². The van der Waals surface area contributed by atoms with Gasteiger partial charge in [-0.05, 0) is 61.6 Å². The molecule has 2 amide bonds. The Balaban J connectivity index is 1.61. The van der Waals surface area contributed by atoms with Crippen LogP contribution in [-0.4, -0.2) is 35.4 Å². The lowest BCUT2D eigenvalue weighted by Gasteiger charge is -2.32. The van der Waals surface area contributed by atoms with E-state index in [2.05, 4.69) is 27.3 Å². The van der Waals surface area contributed by atoms with Crippen LogP contribution < -0.4 is 10.1 Å². The minimum absolute atomic E-state index is 0.101. The molecule has 194 valence electrons. The first kappa shape index (κ1) is 26.9. The van der Waals surface area contributed by atoms with Gasteiger partial charge in [-0.3, -0.25) is 9.59 Å². The summed E-state index contributed by atoms with van der Waals surface area (Å²) in [5, 5.41) is 3.24. The zero-order valence-electron chi connectivity index (χ0n) is 21.6. The van der Waals surface area contributed by atoms with Crippen molar-refractivity contribution in [3.05, 3.63) is 99.5 Å². The first-order valence-corrected chi connectivity index (χ1v) is 13.8. The summed E-state index contributed by atoms with van der Waals surface area (Å²) in [6.45, 7) is 4.20. The van der Waals surface area contributed by atoms with E-state index in [0.29, 0.717) is 18.7 Å². The van der Waals surface area contributed by atoms with Crippen molar-refractivity contribution in [1.82, 2.24) is 10.2 Å². The summed E-state index contributed by atoms with van der Waals surface area (Å²) < 4.78 is 6.90. The minimum atomic E-state index is -0.647. The molecular formula is C31H35BrN2O3. The van der Waals surface area contributed by atoms with Gasteiger partial charge in [-0.25, -0.2) is 0 Å². The topological polar surface area (TPSA) is 58.6 Å². The van der Waals surface area contributed by atoms with Gasteiger partial charge in [0.1, 0.15) is 11.8 Å². The number of benzene rings is 3. The molecule has 0 unspecified atom stereocenters. The molecule has 0 radical (unpaired) electrons. The van der Waals surface area contributed by atoms with E-state index in [9.17, 15) is 9.59 Å². The molecule has 4 rings (SSSR count). The van der Waals surface area contributed by atoms with Crippen LogP contribution in [0.2, 0.25) is 0 Å². The molecule has 1 aliphatic rings. The van der Waals surface area contributed by atoms with Gasteiger partial charge in [-0.1, -0.05) is 88.9 Å². The van der Waals surface area contributed by atoms with Crippen LogP contribution in [0.15, 0.2) is 77.3 Å². The van der Waals surface area contributed by atoms with Crippen molar-refractivity contribution in [2.24, 2.45) is 0 Å². The number of hydrogen-bond acceptors (Lipinski definition) is 3. The Bertz CT molecular complexity index is 1210. The number of rotatable bonds is 10. The monoisotopic (exact) mass is 562 g/mol. The summed E-state index contributed by atoms with van der Waals surface area (Å²) in [5.41, 5.74) is 4.14. The smallest absolute Gasteiger partial charge is 0.261 e. The standard InChI is InChI=1S/C31H35BrN2O3/c1-22-9-8-12-25(17-22)20-34(30(35)21-37-27-15-16-28(32)23(2)18-27)29(19-24-10-4-3-5-11-24)31(36)33-26-13-6-7-14-26/h3-5,8-12,15-18,26,29H,6-7,13-14,19-21H2,1-2H3,(H,33,36)/t29-/m1/s1. The van der Waals surface area contributed by atoms with Crippen LogP contribution in [-0.2, 0) is 22.6 Å². The third kappa shape index (κ3) is 7.68. The summed E-state index contributed by atoms with van der Waals surface area (Å²) in [6, 6.07) is 23.2. The molecule has 0 spiro atoms. The van der Waals surface area contributed by atoms with Crippen LogP contribution in [0.4, 0.5) is 0 Å². The van der Waals surface area contributed by atoms with Crippen LogP contribution in [0, 0.1) is 13.8 Å². The van der Waals surface area contributed by atoms with E-state index in [4.69, 9.17) is 4.74 Å². The van der Waals surface area contributed by atoms with Gasteiger partial charge in [0.15, 0.2) is 6.61 Å². The van der Waals surface area contributed by atoms with Crippen LogP contribution in [0.5, 0.6) is 5.75 Å². The van der Waals surface area contributed by atoms with Crippen LogP contribution in [0.1, 0.15) is 47.9 Å². The van der Waals surface area contributed by atoms with Crippen molar-refractivity contribution in [3.63, 3.8) is 0 Å². The molecule has 1 atom stereocenters. The highest BCUT2D eigenvalue weighted by atomic mass is 79.9. The SMILES string of the molecule is Cc1cccc(CN(C(=O)COc2ccc(Br)c(C)c2)[C@H](Cc2ccccc2)C(=O)NC2CCCC2)c1. The molecule has 1 N–H and O–H groups in total. The van der Waals surface area contributed by atoms with Crippen LogP contribution >= 0.6 is 15.9 Å². The normalized spacial score (nSPS) is 14.2. The maximum atomic E-state index is 13.7. The Morgan fingerprint density at radius 2 is 1.70 bits per heavy atom. The fourth-order valence-electron chi connectivity index (χ4n) is 4.86. The van der Waals surface area contributed by atoms with E-state index >= 15 is 0 Å². The summed E-state index contributed by atoms with van der Waals surface area (Å²) >= 11 is 3.50. The second-order valence-electron chi connectivity index (χ2n) is 9.91. The fourth-order valence-corrected chi connectivity index (χ4v) is 5.11. The lowest BCUT2D eigenvalue weighted by atomic mass is 10.0. The Hall–Kier alpha value is -3.12. The number of carbonyl (C=O) groups excluding carboxylic acids is 2. The molecule has 1 saturated carbocycles. The number of amides is 2. The van der Waals surface area contributed by atoms with E-state index in [0.717, 1.165) is 52.4 Å². The van der Waals surface area contributed by atoms with E-state index < -0.39 is 6.04 Å². The zero-order chi connectivity index (χ0) is 26.2. The molecule has 1 fully saturated rings. The molecular weight excluding hydrogens is 528 g/mol. The number of nitrogens with zero attached hydrogens (tertiary/aromatic N) is 1. The predicted molar refractivity (Wildman–Crippen MR) is 150 cm³/mol. The Morgan fingerprint density at radius 3 is 2.41 bits per heavy atom. The molecule has 0 aromatic heterocycles. The molecule has 6 heteroatoms. The summed E-state index contributed by atoms with van der Waals surface area (Å²) in [4.78, 5) is 29.1. The molecule has 3 aromatic carbocycles. The highest BCUT2D eigenvalue weighted by Crippen LogP contribution is 2.23. The largest absolute Gasteiger partial charge is 0.484 e. The van der Waals surface area contributed by atoms with Gasteiger partial charge >= 0.3 is 0 Å². The Kier molecular flexibility index (Phi) is 9.40. The third-order valence-corrected chi connectivity index (χ3v) is 7.79. The fraction of sp³-hybridized carbons (Fsp3) is 0.355. The lowest BCUT2D eigenvalue weighted by molar-refractivity contribution is -0.143. The highest BCUT2D eigenvalue weighted by molar-refractivity contribution is 9.10. The number of nitrogens with one attached hydrogen (secondary N) is 1. The van der Waals surface area contributed by atoms with E-state index in [1.54, 1.807) is 4.90 Å². The van der Waals surface area contributed by atoms with Gasteiger partial charge < -0.3 is 15.0 Å². The van der Waals surface area contributed by atoms with Gasteiger partial charge in [0.05, 0.1) is 0 Å². The number of ether oxygens (including phenoxy) is 1. The van der Waals surface area contributed by atoms with E-state index in [1.807, 2.05) is 80.6 Å². The molecule has 0 saturated heterocycles. The first-order valence-electron chi connectivity index (χ1n) is 13.0. The molecule has 1 aliphatic carbocycles. The lowest BCUT2D eigenvalue weighted by Crippen LogP contribution is -2.53.